The zero-order valence-corrected chi connectivity index (χ0v) is 16.4. The van der Waals surface area contributed by atoms with Crippen molar-refractivity contribution in [3.05, 3.63) is 47.8 Å². The van der Waals surface area contributed by atoms with Gasteiger partial charge >= 0.3 is 0 Å². The van der Waals surface area contributed by atoms with E-state index in [0.717, 1.165) is 43.6 Å². The van der Waals surface area contributed by atoms with E-state index in [2.05, 4.69) is 9.88 Å². The molecule has 2 N–H and O–H groups in total. The maximum atomic E-state index is 13.5. The van der Waals surface area contributed by atoms with Gasteiger partial charge in [0.2, 0.25) is 0 Å². The van der Waals surface area contributed by atoms with Gasteiger partial charge in [-0.15, -0.1) is 0 Å². The zero-order chi connectivity index (χ0) is 19.3. The third kappa shape index (κ3) is 2.87. The monoisotopic (exact) mass is 400 g/mol. The Hall–Kier alpha value is -2.16. The summed E-state index contributed by atoms with van der Waals surface area (Å²) in [5.41, 5.74) is 8.61. The van der Waals surface area contributed by atoms with Gasteiger partial charge in [-0.25, -0.2) is 8.42 Å². The molecule has 4 heterocycles. The minimum absolute atomic E-state index is 0.0378. The second-order valence-corrected chi connectivity index (χ2v) is 9.56. The number of sulfonamides is 1. The summed E-state index contributed by atoms with van der Waals surface area (Å²) in [6, 6.07) is 9.03. The molecule has 2 aromatic rings. The van der Waals surface area contributed by atoms with Crippen LogP contribution in [-0.4, -0.2) is 50.6 Å². The van der Waals surface area contributed by atoms with E-state index in [9.17, 15) is 8.42 Å². The highest BCUT2D eigenvalue weighted by atomic mass is 32.2. The van der Waals surface area contributed by atoms with E-state index < -0.39 is 10.0 Å². The van der Waals surface area contributed by atoms with Gasteiger partial charge in [0.05, 0.1) is 35.5 Å². The fourth-order valence-corrected chi connectivity index (χ4v) is 5.90. The Morgan fingerprint density at radius 2 is 2.00 bits per heavy atom. The molecule has 0 amide bonds. The number of fused-ring (bicyclic) bond motifs is 2. The quantitative estimate of drug-likeness (QED) is 0.843. The zero-order valence-electron chi connectivity index (χ0n) is 15.6. The van der Waals surface area contributed by atoms with Gasteiger partial charge in [-0.1, -0.05) is 6.07 Å². The molecule has 1 saturated heterocycles. The van der Waals surface area contributed by atoms with Crippen molar-refractivity contribution in [2.45, 2.75) is 36.2 Å². The van der Waals surface area contributed by atoms with Crippen LogP contribution in [0.15, 0.2) is 41.4 Å². The maximum absolute atomic E-state index is 13.5. The summed E-state index contributed by atoms with van der Waals surface area (Å²) in [7, 11) is -3.69. The van der Waals surface area contributed by atoms with Crippen LogP contribution in [-0.2, 0) is 16.4 Å². The van der Waals surface area contributed by atoms with E-state index in [4.69, 9.17) is 10.5 Å². The number of anilines is 1. The van der Waals surface area contributed by atoms with Crippen molar-refractivity contribution in [1.29, 1.82) is 0 Å². The summed E-state index contributed by atoms with van der Waals surface area (Å²) in [5.74, 6) is 0.674. The highest BCUT2D eigenvalue weighted by molar-refractivity contribution is 7.92. The molecule has 1 aromatic carbocycles. The van der Waals surface area contributed by atoms with Gasteiger partial charge in [-0.05, 0) is 36.6 Å². The van der Waals surface area contributed by atoms with E-state index in [0.29, 0.717) is 24.6 Å². The van der Waals surface area contributed by atoms with E-state index in [1.54, 1.807) is 24.4 Å². The number of nitrogens with two attached hydrogens (primary N) is 1. The molecule has 1 unspecified atom stereocenters. The van der Waals surface area contributed by atoms with Crippen LogP contribution in [0.5, 0.6) is 5.75 Å². The summed E-state index contributed by atoms with van der Waals surface area (Å²) < 4.78 is 34.0. The molecule has 148 valence electrons. The average molecular weight is 401 g/mol. The van der Waals surface area contributed by atoms with Crippen LogP contribution in [0.3, 0.4) is 0 Å². The first-order valence-electron chi connectivity index (χ1n) is 9.77. The normalized spacial score (nSPS) is 22.8. The largest absolute Gasteiger partial charge is 0.493 e. The lowest BCUT2D eigenvalue weighted by Gasteiger charge is -2.34. The Balaban J connectivity index is 1.50. The van der Waals surface area contributed by atoms with Gasteiger partial charge in [-0.3, -0.25) is 14.2 Å². The molecular formula is C20H24N4O3S. The van der Waals surface area contributed by atoms with Crippen LogP contribution >= 0.6 is 0 Å². The molecular weight excluding hydrogens is 376 g/mol. The first kappa shape index (κ1) is 17.9. The van der Waals surface area contributed by atoms with Crippen LogP contribution in [0.25, 0.3) is 0 Å². The van der Waals surface area contributed by atoms with Crippen molar-refractivity contribution in [1.82, 2.24) is 9.88 Å². The number of nitrogens with zero attached hydrogens (tertiary/aromatic N) is 3. The number of piperidine rings is 1. The van der Waals surface area contributed by atoms with Crippen LogP contribution in [0.4, 0.5) is 5.69 Å². The number of benzene rings is 1. The van der Waals surface area contributed by atoms with Gasteiger partial charge in [0, 0.05) is 37.8 Å². The number of likely N-dealkylation sites (tertiary alicyclic amines) is 1. The molecule has 8 heteroatoms. The van der Waals surface area contributed by atoms with E-state index >= 15 is 0 Å². The van der Waals surface area contributed by atoms with Gasteiger partial charge in [0.25, 0.3) is 10.0 Å². The summed E-state index contributed by atoms with van der Waals surface area (Å²) >= 11 is 0. The molecule has 1 atom stereocenters. The fourth-order valence-electron chi connectivity index (χ4n) is 4.40. The molecule has 0 saturated carbocycles. The third-order valence-corrected chi connectivity index (χ3v) is 7.79. The second-order valence-electron chi connectivity index (χ2n) is 7.70. The van der Waals surface area contributed by atoms with E-state index in [1.807, 2.05) is 12.1 Å². The molecule has 7 nitrogen and oxygen atoms in total. The lowest BCUT2D eigenvalue weighted by molar-refractivity contribution is 0.160. The SMILES string of the molecule is NC1CCN(C2CN(S(=O)(=O)c3ccc4c(c3)OCC4)c3cccnc32)CC1. The van der Waals surface area contributed by atoms with Gasteiger partial charge in [0.15, 0.2) is 0 Å². The lowest BCUT2D eigenvalue weighted by Crippen LogP contribution is -2.43. The number of pyridine rings is 1. The predicted octanol–water partition coefficient (Wildman–Crippen LogP) is 1.69. The maximum Gasteiger partial charge on any atom is 0.264 e. The van der Waals surface area contributed by atoms with Crippen LogP contribution in [0, 0.1) is 0 Å². The minimum atomic E-state index is -3.69. The number of rotatable bonds is 3. The number of hydrogen-bond acceptors (Lipinski definition) is 6. The summed E-state index contributed by atoms with van der Waals surface area (Å²) in [6.45, 7) is 2.71. The Labute approximate surface area is 165 Å². The Kier molecular flexibility index (Phi) is 4.30. The Morgan fingerprint density at radius 3 is 2.82 bits per heavy atom. The molecule has 0 bridgehead atoms. The standard InChI is InChI=1S/C20H24N4O3S/c21-15-5-9-23(10-6-15)18-13-24(17-2-1-8-22-20(17)18)28(25,26)16-4-3-14-7-11-27-19(14)12-16/h1-4,8,12,15,18H,5-7,9-11,13,21H2. The smallest absolute Gasteiger partial charge is 0.264 e. The Bertz CT molecular complexity index is 1000. The molecule has 0 aliphatic carbocycles. The fraction of sp³-hybridized carbons (Fsp3) is 0.450. The third-order valence-electron chi connectivity index (χ3n) is 6.01. The number of aromatic nitrogens is 1. The highest BCUT2D eigenvalue weighted by Crippen LogP contribution is 2.41. The molecule has 5 rings (SSSR count). The average Bonchev–Trinajstić information content (AvgIpc) is 3.33. The summed E-state index contributed by atoms with van der Waals surface area (Å²) in [5, 5.41) is 0. The molecule has 0 spiro atoms. The van der Waals surface area contributed by atoms with E-state index in [-0.39, 0.29) is 17.0 Å². The summed E-state index contributed by atoms with van der Waals surface area (Å²) in [6.07, 6.45) is 4.41. The molecule has 28 heavy (non-hydrogen) atoms. The molecule has 1 fully saturated rings. The van der Waals surface area contributed by atoms with Crippen molar-refractivity contribution in [2.24, 2.45) is 5.73 Å². The van der Waals surface area contributed by atoms with Crippen molar-refractivity contribution in [2.75, 3.05) is 30.5 Å². The van der Waals surface area contributed by atoms with Crippen molar-refractivity contribution < 1.29 is 13.2 Å². The minimum Gasteiger partial charge on any atom is -0.493 e. The highest BCUT2D eigenvalue weighted by Gasteiger charge is 2.41. The van der Waals surface area contributed by atoms with Crippen molar-refractivity contribution >= 4 is 15.7 Å². The predicted molar refractivity (Wildman–Crippen MR) is 106 cm³/mol. The first-order valence-corrected chi connectivity index (χ1v) is 11.2. The van der Waals surface area contributed by atoms with E-state index in [1.165, 1.54) is 4.31 Å². The molecule has 3 aliphatic heterocycles. The second kappa shape index (κ2) is 6.72. The molecule has 1 aromatic heterocycles. The molecule has 0 radical (unpaired) electrons. The van der Waals surface area contributed by atoms with Gasteiger partial charge in [-0.2, -0.15) is 0 Å². The molecule has 3 aliphatic rings. The van der Waals surface area contributed by atoms with Gasteiger partial charge < -0.3 is 10.5 Å². The summed E-state index contributed by atoms with van der Waals surface area (Å²) in [4.78, 5) is 7.13. The van der Waals surface area contributed by atoms with Crippen molar-refractivity contribution in [3.8, 4) is 5.75 Å². The van der Waals surface area contributed by atoms with Crippen LogP contribution in [0.2, 0.25) is 0 Å². The first-order chi connectivity index (χ1) is 13.5. The lowest BCUT2D eigenvalue weighted by atomic mass is 10.0. The number of ether oxygens (including phenoxy) is 1. The van der Waals surface area contributed by atoms with Crippen LogP contribution in [0.1, 0.15) is 30.1 Å². The van der Waals surface area contributed by atoms with Crippen LogP contribution < -0.4 is 14.8 Å². The number of hydrogen-bond donors (Lipinski definition) is 1. The topological polar surface area (TPSA) is 88.8 Å². The van der Waals surface area contributed by atoms with Crippen molar-refractivity contribution in [3.63, 3.8) is 0 Å². The van der Waals surface area contributed by atoms with Gasteiger partial charge in [0.1, 0.15) is 5.75 Å². The Morgan fingerprint density at radius 1 is 1.18 bits per heavy atom.